The Morgan fingerprint density at radius 2 is 2.17 bits per heavy atom. The molecule has 0 saturated carbocycles. The van der Waals surface area contributed by atoms with Gasteiger partial charge in [-0.1, -0.05) is 23.8 Å². The average Bonchev–Trinajstić information content (AvgIpc) is 2.80. The van der Waals surface area contributed by atoms with Gasteiger partial charge in [0.25, 0.3) is 0 Å². The Balaban J connectivity index is 2.16. The minimum Gasteiger partial charge on any atom is -0.302 e. The van der Waals surface area contributed by atoms with Gasteiger partial charge < -0.3 is 4.40 Å². The zero-order valence-electron chi connectivity index (χ0n) is 9.83. The normalized spacial score (nSPS) is 10.4. The number of hydrogen-bond acceptors (Lipinski definition) is 3. The fraction of sp³-hybridized carbons (Fsp3) is 0.0714. The lowest BCUT2D eigenvalue weighted by molar-refractivity contribution is 1.13. The highest BCUT2D eigenvalue weighted by atomic mass is 15.0. The summed E-state index contributed by atoms with van der Waals surface area (Å²) in [5, 5.41) is 8.82. The smallest absolute Gasteiger partial charge is 0.159 e. The quantitative estimate of drug-likeness (QED) is 0.650. The molecule has 4 heteroatoms. The highest BCUT2D eigenvalue weighted by molar-refractivity contribution is 5.60. The molecule has 0 N–H and O–H groups in total. The summed E-state index contributed by atoms with van der Waals surface area (Å²) in [5.41, 5.74) is 4.20. The van der Waals surface area contributed by atoms with E-state index in [4.69, 9.17) is 5.26 Å². The third-order valence-electron chi connectivity index (χ3n) is 2.77. The fourth-order valence-corrected chi connectivity index (χ4v) is 1.91. The Morgan fingerprint density at radius 1 is 1.28 bits per heavy atom. The molecule has 0 bridgehead atoms. The molecule has 2 heterocycles. The summed E-state index contributed by atoms with van der Waals surface area (Å²) < 4.78 is 1.82. The third kappa shape index (κ3) is 1.72. The van der Waals surface area contributed by atoms with E-state index < -0.39 is 0 Å². The number of hydrogen-bond donors (Lipinski definition) is 0. The second-order valence-corrected chi connectivity index (χ2v) is 4.15. The number of imidazole rings is 1. The van der Waals surface area contributed by atoms with Crippen LogP contribution in [0.2, 0.25) is 0 Å². The lowest BCUT2D eigenvalue weighted by Gasteiger charge is -2.02. The van der Waals surface area contributed by atoms with Crippen molar-refractivity contribution in [3.63, 3.8) is 0 Å². The first-order chi connectivity index (χ1) is 8.76. The largest absolute Gasteiger partial charge is 0.302 e. The lowest BCUT2D eigenvalue weighted by atomic mass is 10.1. The van der Waals surface area contributed by atoms with Gasteiger partial charge in [-0.15, -0.1) is 0 Å². The van der Waals surface area contributed by atoms with E-state index in [1.54, 1.807) is 12.4 Å². The minimum absolute atomic E-state index is 0.401. The Morgan fingerprint density at radius 3 is 2.94 bits per heavy atom. The molecule has 0 aliphatic rings. The highest BCUT2D eigenvalue weighted by Crippen LogP contribution is 2.18. The molecule has 1 aromatic carbocycles. The van der Waals surface area contributed by atoms with Crippen LogP contribution in [0.3, 0.4) is 0 Å². The monoisotopic (exact) mass is 234 g/mol. The van der Waals surface area contributed by atoms with Crippen molar-refractivity contribution in [2.75, 3.05) is 0 Å². The van der Waals surface area contributed by atoms with Crippen LogP contribution in [0.1, 0.15) is 11.3 Å². The van der Waals surface area contributed by atoms with Crippen LogP contribution in [0, 0.1) is 18.3 Å². The molecule has 0 radical (unpaired) electrons. The number of fused-ring (bicyclic) bond motifs is 1. The van der Waals surface area contributed by atoms with Crippen molar-refractivity contribution in [3.8, 4) is 17.3 Å². The van der Waals surface area contributed by atoms with E-state index in [2.05, 4.69) is 16.0 Å². The Kier molecular flexibility index (Phi) is 2.31. The summed E-state index contributed by atoms with van der Waals surface area (Å²) in [6.45, 7) is 2.05. The highest BCUT2D eigenvalue weighted by Gasteiger charge is 2.04. The van der Waals surface area contributed by atoms with Crippen LogP contribution in [0.4, 0.5) is 0 Å². The molecule has 0 atom stereocenters. The number of rotatable bonds is 1. The molecular formula is C14H10N4. The van der Waals surface area contributed by atoms with Gasteiger partial charge in [-0.2, -0.15) is 5.26 Å². The van der Waals surface area contributed by atoms with Crippen LogP contribution in [0.25, 0.3) is 16.9 Å². The van der Waals surface area contributed by atoms with E-state index in [0.717, 1.165) is 11.3 Å². The van der Waals surface area contributed by atoms with Crippen molar-refractivity contribution in [2.24, 2.45) is 0 Å². The predicted molar refractivity (Wildman–Crippen MR) is 67.9 cm³/mol. The Hall–Kier alpha value is -2.67. The van der Waals surface area contributed by atoms with Gasteiger partial charge in [0.1, 0.15) is 6.07 Å². The molecule has 2 aromatic heterocycles. The summed E-state index contributed by atoms with van der Waals surface area (Å²) in [7, 11) is 0. The van der Waals surface area contributed by atoms with Crippen LogP contribution >= 0.6 is 0 Å². The second kappa shape index (κ2) is 3.97. The fourth-order valence-electron chi connectivity index (χ4n) is 1.91. The number of aromatic nitrogens is 3. The maximum Gasteiger partial charge on any atom is 0.159 e. The van der Waals surface area contributed by atoms with Crippen molar-refractivity contribution in [2.45, 2.75) is 6.92 Å². The van der Waals surface area contributed by atoms with E-state index in [0.29, 0.717) is 11.3 Å². The zero-order chi connectivity index (χ0) is 12.5. The van der Waals surface area contributed by atoms with Gasteiger partial charge in [0.2, 0.25) is 0 Å². The van der Waals surface area contributed by atoms with E-state index in [-0.39, 0.29) is 0 Å². The van der Waals surface area contributed by atoms with Crippen LogP contribution < -0.4 is 0 Å². The zero-order valence-corrected chi connectivity index (χ0v) is 9.83. The molecule has 3 rings (SSSR count). The molecule has 86 valence electrons. The van der Waals surface area contributed by atoms with E-state index in [1.807, 2.05) is 41.8 Å². The Bertz CT molecular complexity index is 765. The van der Waals surface area contributed by atoms with Crippen molar-refractivity contribution < 1.29 is 0 Å². The van der Waals surface area contributed by atoms with E-state index in [9.17, 15) is 0 Å². The first-order valence-electron chi connectivity index (χ1n) is 5.58. The summed E-state index contributed by atoms with van der Waals surface area (Å²) in [6, 6.07) is 10.2. The summed E-state index contributed by atoms with van der Waals surface area (Å²) in [5.74, 6) is 0. The van der Waals surface area contributed by atoms with Crippen LogP contribution in [0.15, 0.2) is 42.9 Å². The van der Waals surface area contributed by atoms with Gasteiger partial charge in [0.05, 0.1) is 11.9 Å². The van der Waals surface area contributed by atoms with Gasteiger partial charge in [-0.3, -0.25) is 4.98 Å². The number of aryl methyl sites for hydroxylation is 1. The number of nitriles is 1. The topological polar surface area (TPSA) is 54.0 Å². The van der Waals surface area contributed by atoms with Crippen molar-refractivity contribution in [1.29, 1.82) is 5.26 Å². The van der Waals surface area contributed by atoms with Crippen LogP contribution in [0.5, 0.6) is 0 Å². The van der Waals surface area contributed by atoms with E-state index >= 15 is 0 Å². The molecule has 0 aliphatic carbocycles. The molecule has 0 aliphatic heterocycles. The molecule has 0 spiro atoms. The predicted octanol–water partition coefficient (Wildman–Crippen LogP) is 2.58. The maximum atomic E-state index is 8.82. The molecule has 0 unspecified atom stereocenters. The van der Waals surface area contributed by atoms with Gasteiger partial charge in [0, 0.05) is 18.0 Å². The molecule has 4 nitrogen and oxygen atoms in total. The summed E-state index contributed by atoms with van der Waals surface area (Å²) in [4.78, 5) is 8.50. The van der Waals surface area contributed by atoms with Crippen molar-refractivity contribution in [1.82, 2.24) is 14.4 Å². The van der Waals surface area contributed by atoms with Gasteiger partial charge >= 0.3 is 0 Å². The molecule has 0 saturated heterocycles. The van der Waals surface area contributed by atoms with Crippen molar-refractivity contribution in [3.05, 3.63) is 54.1 Å². The second-order valence-electron chi connectivity index (χ2n) is 4.15. The third-order valence-corrected chi connectivity index (χ3v) is 2.77. The first-order valence-corrected chi connectivity index (χ1v) is 5.58. The molecule has 0 fully saturated rings. The maximum absolute atomic E-state index is 8.82. The summed E-state index contributed by atoms with van der Waals surface area (Å²) >= 11 is 0. The van der Waals surface area contributed by atoms with Crippen LogP contribution in [-0.4, -0.2) is 14.4 Å². The molecule has 3 aromatic rings. The van der Waals surface area contributed by atoms with Gasteiger partial charge in [-0.05, 0) is 13.0 Å². The van der Waals surface area contributed by atoms with Gasteiger partial charge in [-0.25, -0.2) is 4.98 Å². The summed E-state index contributed by atoms with van der Waals surface area (Å²) in [6.07, 6.45) is 5.27. The number of benzene rings is 1. The van der Waals surface area contributed by atoms with E-state index in [1.165, 1.54) is 5.56 Å². The molecule has 18 heavy (non-hydrogen) atoms. The van der Waals surface area contributed by atoms with Crippen LogP contribution in [-0.2, 0) is 0 Å². The average molecular weight is 234 g/mol. The molecular weight excluding hydrogens is 224 g/mol. The standard InChI is InChI=1S/C14H10N4/c1-10-3-2-4-11(5-10)13-9-18-8-12(6-15)17-14(18)7-16-13/h2-5,7-9H,1H3. The SMILES string of the molecule is Cc1cccc(-c2cn3cc(C#N)nc3cn2)c1. The minimum atomic E-state index is 0.401. The van der Waals surface area contributed by atoms with Crippen molar-refractivity contribution >= 4 is 5.65 Å². The number of nitrogens with zero attached hydrogens (tertiary/aromatic N) is 4. The first kappa shape index (κ1) is 10.5. The lowest BCUT2D eigenvalue weighted by Crippen LogP contribution is -1.89. The Labute approximate surface area is 104 Å². The van der Waals surface area contributed by atoms with Gasteiger partial charge in [0.15, 0.2) is 11.3 Å². The molecule has 0 amide bonds.